The summed E-state index contributed by atoms with van der Waals surface area (Å²) in [6.45, 7) is 9.00. The molecule has 8 nitrogen and oxygen atoms in total. The summed E-state index contributed by atoms with van der Waals surface area (Å²) in [5, 5.41) is 2.86. The van der Waals surface area contributed by atoms with E-state index < -0.39 is 0 Å². The van der Waals surface area contributed by atoms with E-state index in [1.807, 2.05) is 30.3 Å². The normalized spacial score (nSPS) is 12.6. The van der Waals surface area contributed by atoms with E-state index >= 15 is 0 Å². The van der Waals surface area contributed by atoms with E-state index in [1.54, 1.807) is 12.4 Å². The van der Waals surface area contributed by atoms with Gasteiger partial charge < -0.3 is 19.2 Å². The van der Waals surface area contributed by atoms with Gasteiger partial charge in [0.15, 0.2) is 17.2 Å². The zero-order valence-corrected chi connectivity index (χ0v) is 21.9. The number of fused-ring (bicyclic) bond motifs is 1. The first kappa shape index (κ1) is 25.5. The van der Waals surface area contributed by atoms with E-state index in [-0.39, 0.29) is 23.8 Å². The first-order valence-electron chi connectivity index (χ1n) is 12.7. The minimum Gasteiger partial charge on any atom is -0.454 e. The molecule has 2 aromatic carbocycles. The lowest BCUT2D eigenvalue weighted by atomic mass is 9.87. The molecule has 2 aromatic heterocycles. The summed E-state index contributed by atoms with van der Waals surface area (Å²) in [6.07, 6.45) is 4.82. The average molecular weight is 513 g/mol. The van der Waals surface area contributed by atoms with Crippen molar-refractivity contribution in [3.63, 3.8) is 0 Å². The lowest BCUT2D eigenvalue weighted by molar-refractivity contribution is 0.0945. The van der Waals surface area contributed by atoms with Gasteiger partial charge in [-0.05, 0) is 45.9 Å². The first-order chi connectivity index (χ1) is 18.3. The molecule has 0 saturated carbocycles. The van der Waals surface area contributed by atoms with Crippen LogP contribution >= 0.6 is 0 Å². The topological polar surface area (TPSA) is 89.7 Å². The third-order valence-corrected chi connectivity index (χ3v) is 6.39. The maximum Gasteiger partial charge on any atom is 0.273 e. The number of pyridine rings is 1. The van der Waals surface area contributed by atoms with Crippen LogP contribution in [-0.2, 0) is 31.6 Å². The molecule has 0 fully saturated rings. The third-order valence-electron chi connectivity index (χ3n) is 6.39. The lowest BCUT2D eigenvalue weighted by Crippen LogP contribution is -2.24. The molecule has 1 aliphatic rings. The van der Waals surface area contributed by atoms with Gasteiger partial charge in [-0.15, -0.1) is 0 Å². The van der Waals surface area contributed by atoms with E-state index in [0.717, 1.165) is 22.6 Å². The second-order valence-electron chi connectivity index (χ2n) is 10.5. The molecule has 5 rings (SSSR count). The number of benzene rings is 2. The second-order valence-corrected chi connectivity index (χ2v) is 10.5. The third kappa shape index (κ3) is 6.39. The number of aromatic nitrogens is 2. The molecule has 0 spiro atoms. The number of amides is 1. The van der Waals surface area contributed by atoms with Crippen LogP contribution in [0, 0.1) is 0 Å². The molecule has 0 unspecified atom stereocenters. The zero-order valence-electron chi connectivity index (χ0n) is 21.9. The summed E-state index contributed by atoms with van der Waals surface area (Å²) in [5.74, 6) is 1.70. The fourth-order valence-electron chi connectivity index (χ4n) is 4.29. The van der Waals surface area contributed by atoms with Crippen LogP contribution in [0.3, 0.4) is 0 Å². The van der Waals surface area contributed by atoms with Gasteiger partial charge in [0.1, 0.15) is 6.26 Å². The van der Waals surface area contributed by atoms with E-state index in [4.69, 9.17) is 13.9 Å². The number of hydrogen-bond donors (Lipinski definition) is 1. The Labute approximate surface area is 222 Å². The number of hydrogen-bond acceptors (Lipinski definition) is 7. The minimum absolute atomic E-state index is 0.0940. The lowest BCUT2D eigenvalue weighted by Gasteiger charge is -2.23. The van der Waals surface area contributed by atoms with Gasteiger partial charge in [0.25, 0.3) is 5.91 Å². The molecule has 1 amide bonds. The van der Waals surface area contributed by atoms with E-state index in [2.05, 4.69) is 65.2 Å². The Hall–Kier alpha value is -4.17. The van der Waals surface area contributed by atoms with Gasteiger partial charge in [0, 0.05) is 32.0 Å². The molecule has 0 atom stereocenters. The molecule has 196 valence electrons. The highest BCUT2D eigenvalue weighted by atomic mass is 16.7. The summed E-state index contributed by atoms with van der Waals surface area (Å²) >= 11 is 0. The van der Waals surface area contributed by atoms with Crippen LogP contribution in [-0.4, -0.2) is 27.6 Å². The standard InChI is InChI=1S/C30H32N4O4/c1-30(2,3)24-9-6-21(7-10-24)16-34(17-22-8-11-26-27(13-22)38-20-37-26)18-28-33-25(19-36-28)29(35)32-15-23-5-4-12-31-14-23/h4-14,19H,15-18,20H2,1-3H3,(H,32,35). The zero-order chi connectivity index (χ0) is 26.5. The summed E-state index contributed by atoms with van der Waals surface area (Å²) in [6, 6.07) is 18.4. The van der Waals surface area contributed by atoms with Gasteiger partial charge in [0.2, 0.25) is 12.7 Å². The monoisotopic (exact) mass is 512 g/mol. The Morgan fingerprint density at radius 1 is 0.947 bits per heavy atom. The van der Waals surface area contributed by atoms with Crippen molar-refractivity contribution in [3.05, 3.63) is 107 Å². The summed E-state index contributed by atoms with van der Waals surface area (Å²) in [4.78, 5) is 23.4. The van der Waals surface area contributed by atoms with Crippen LogP contribution in [0.25, 0.3) is 0 Å². The average Bonchev–Trinajstić information content (AvgIpc) is 3.57. The van der Waals surface area contributed by atoms with Gasteiger partial charge in [0.05, 0.1) is 6.54 Å². The Morgan fingerprint density at radius 3 is 2.47 bits per heavy atom. The van der Waals surface area contributed by atoms with Crippen LogP contribution in [0.5, 0.6) is 11.5 Å². The van der Waals surface area contributed by atoms with E-state index in [1.165, 1.54) is 17.4 Å². The Bertz CT molecular complexity index is 1380. The summed E-state index contributed by atoms with van der Waals surface area (Å²) < 4.78 is 16.7. The number of nitrogens with zero attached hydrogens (tertiary/aromatic N) is 3. The highest BCUT2D eigenvalue weighted by Gasteiger charge is 2.19. The Kier molecular flexibility index (Phi) is 7.42. The summed E-state index contributed by atoms with van der Waals surface area (Å²) in [7, 11) is 0. The Balaban J connectivity index is 1.29. The van der Waals surface area contributed by atoms with Gasteiger partial charge in [-0.25, -0.2) is 4.98 Å². The van der Waals surface area contributed by atoms with E-state index in [9.17, 15) is 4.79 Å². The smallest absolute Gasteiger partial charge is 0.273 e. The largest absolute Gasteiger partial charge is 0.454 e. The van der Waals surface area contributed by atoms with Crippen molar-refractivity contribution in [2.24, 2.45) is 0 Å². The highest BCUT2D eigenvalue weighted by Crippen LogP contribution is 2.33. The Morgan fingerprint density at radius 2 is 1.71 bits per heavy atom. The number of rotatable bonds is 9. The van der Waals surface area contributed by atoms with Crippen molar-refractivity contribution in [1.29, 1.82) is 0 Å². The number of oxazole rings is 1. The van der Waals surface area contributed by atoms with Crippen molar-refractivity contribution in [2.45, 2.75) is 52.4 Å². The molecule has 4 aromatic rings. The van der Waals surface area contributed by atoms with Crippen molar-refractivity contribution in [2.75, 3.05) is 6.79 Å². The predicted octanol–water partition coefficient (Wildman–Crippen LogP) is 5.23. The van der Waals surface area contributed by atoms with Crippen molar-refractivity contribution in [3.8, 4) is 11.5 Å². The molecular formula is C30H32N4O4. The van der Waals surface area contributed by atoms with E-state index in [0.29, 0.717) is 32.1 Å². The molecule has 0 saturated heterocycles. The highest BCUT2D eigenvalue weighted by molar-refractivity contribution is 5.91. The molecule has 3 heterocycles. The van der Waals surface area contributed by atoms with Crippen LogP contribution < -0.4 is 14.8 Å². The van der Waals surface area contributed by atoms with Gasteiger partial charge in [-0.2, -0.15) is 0 Å². The van der Waals surface area contributed by atoms with Crippen LogP contribution in [0.1, 0.15) is 59.4 Å². The second kappa shape index (κ2) is 11.1. The molecule has 0 bridgehead atoms. The first-order valence-corrected chi connectivity index (χ1v) is 12.7. The quantitative estimate of drug-likeness (QED) is 0.329. The number of carbonyl (C=O) groups excluding carboxylic acids is 1. The van der Waals surface area contributed by atoms with Gasteiger partial charge in [-0.1, -0.05) is 57.2 Å². The number of ether oxygens (including phenoxy) is 2. The molecule has 8 heteroatoms. The molecule has 38 heavy (non-hydrogen) atoms. The van der Waals surface area contributed by atoms with Crippen molar-refractivity contribution in [1.82, 2.24) is 20.2 Å². The van der Waals surface area contributed by atoms with Crippen molar-refractivity contribution < 1.29 is 18.7 Å². The number of nitrogens with one attached hydrogen (secondary N) is 1. The molecule has 0 radical (unpaired) electrons. The van der Waals surface area contributed by atoms with Crippen molar-refractivity contribution >= 4 is 5.91 Å². The predicted molar refractivity (Wildman–Crippen MR) is 143 cm³/mol. The molecule has 1 aliphatic heterocycles. The maximum absolute atomic E-state index is 12.6. The molecule has 1 N–H and O–H groups in total. The SMILES string of the molecule is CC(C)(C)c1ccc(CN(Cc2ccc3c(c2)OCO3)Cc2nc(C(=O)NCc3cccnc3)co2)cc1. The minimum atomic E-state index is -0.288. The van der Waals surface area contributed by atoms with Crippen LogP contribution in [0.2, 0.25) is 0 Å². The van der Waals surface area contributed by atoms with Gasteiger partial charge >= 0.3 is 0 Å². The molecular weight excluding hydrogens is 480 g/mol. The van der Waals surface area contributed by atoms with Crippen LogP contribution in [0.4, 0.5) is 0 Å². The van der Waals surface area contributed by atoms with Crippen LogP contribution in [0.15, 0.2) is 77.7 Å². The number of carbonyl (C=O) groups is 1. The maximum atomic E-state index is 12.6. The van der Waals surface area contributed by atoms with Gasteiger partial charge in [-0.3, -0.25) is 14.7 Å². The fraction of sp³-hybridized carbons (Fsp3) is 0.300. The molecule has 0 aliphatic carbocycles. The summed E-state index contributed by atoms with van der Waals surface area (Å²) in [5.41, 5.74) is 4.81. The fourth-order valence-corrected chi connectivity index (χ4v) is 4.29.